The average Bonchev–Trinajstić information content (AvgIpc) is 2.17. The molecule has 102 valence electrons. The number of alkyl halides is 3. The lowest BCUT2D eigenvalue weighted by Crippen LogP contribution is -2.31. The number of nitrogens with zero attached hydrogens (tertiary/aromatic N) is 1. The lowest BCUT2D eigenvalue weighted by molar-refractivity contribution is -0.138. The fourth-order valence-corrected chi connectivity index (χ4v) is 1.74. The number of aryl methyl sites for hydroxylation is 1. The van der Waals surface area contributed by atoms with Gasteiger partial charge in [-0.25, -0.2) is 0 Å². The molecule has 0 aliphatic heterocycles. The number of hydrogen-bond donors (Lipinski definition) is 0. The molecular formula is C13H18F3NO. The molecule has 0 bridgehead atoms. The van der Waals surface area contributed by atoms with Gasteiger partial charge in [0.25, 0.3) is 5.56 Å². The molecule has 5 heteroatoms. The van der Waals surface area contributed by atoms with Gasteiger partial charge in [0, 0.05) is 18.3 Å². The van der Waals surface area contributed by atoms with Crippen LogP contribution >= 0.6 is 0 Å². The maximum atomic E-state index is 12.8. The van der Waals surface area contributed by atoms with Crippen molar-refractivity contribution >= 4 is 0 Å². The molecule has 0 fully saturated rings. The molecule has 1 aromatic heterocycles. The summed E-state index contributed by atoms with van der Waals surface area (Å²) in [6.45, 7) is 7.33. The summed E-state index contributed by atoms with van der Waals surface area (Å²) in [5.41, 5.74) is -1.50. The van der Waals surface area contributed by atoms with Crippen LogP contribution in [0.1, 0.15) is 45.2 Å². The fraction of sp³-hybridized carbons (Fsp3) is 0.615. The van der Waals surface area contributed by atoms with Gasteiger partial charge in [0.05, 0.1) is 5.56 Å². The van der Waals surface area contributed by atoms with Crippen molar-refractivity contribution in [3.05, 3.63) is 33.7 Å². The first-order valence-electron chi connectivity index (χ1n) is 5.89. The maximum Gasteiger partial charge on any atom is 0.417 e. The van der Waals surface area contributed by atoms with Crippen LogP contribution in [-0.2, 0) is 18.1 Å². The summed E-state index contributed by atoms with van der Waals surface area (Å²) in [6.07, 6.45) is -2.91. The van der Waals surface area contributed by atoms with Crippen LogP contribution in [0.5, 0.6) is 0 Å². The van der Waals surface area contributed by atoms with E-state index in [1.165, 1.54) is 0 Å². The number of pyridine rings is 1. The van der Waals surface area contributed by atoms with Crippen LogP contribution in [0.2, 0.25) is 0 Å². The highest BCUT2D eigenvalue weighted by atomic mass is 19.4. The topological polar surface area (TPSA) is 22.0 Å². The van der Waals surface area contributed by atoms with Gasteiger partial charge in [-0.3, -0.25) is 4.79 Å². The lowest BCUT2D eigenvalue weighted by atomic mass is 9.87. The van der Waals surface area contributed by atoms with E-state index in [0.717, 1.165) is 16.8 Å². The molecule has 0 N–H and O–H groups in total. The summed E-state index contributed by atoms with van der Waals surface area (Å²) in [5, 5.41) is 0. The van der Waals surface area contributed by atoms with Crippen molar-refractivity contribution in [2.75, 3.05) is 0 Å². The predicted octanol–water partition coefficient (Wildman–Crippen LogP) is 3.57. The van der Waals surface area contributed by atoms with Crippen molar-refractivity contribution < 1.29 is 13.2 Å². The lowest BCUT2D eigenvalue weighted by Gasteiger charge is -2.21. The number of aromatic nitrogens is 1. The van der Waals surface area contributed by atoms with E-state index in [2.05, 4.69) is 0 Å². The molecule has 0 spiro atoms. The van der Waals surface area contributed by atoms with E-state index < -0.39 is 17.2 Å². The SMILES string of the molecule is CCCn1cc(C(F)(F)F)cc(C(C)(C)C)c1=O. The van der Waals surface area contributed by atoms with Crippen molar-refractivity contribution in [2.24, 2.45) is 0 Å². The highest BCUT2D eigenvalue weighted by Crippen LogP contribution is 2.31. The highest BCUT2D eigenvalue weighted by Gasteiger charge is 2.33. The smallest absolute Gasteiger partial charge is 0.315 e. The first kappa shape index (κ1) is 14.8. The molecule has 0 aliphatic rings. The van der Waals surface area contributed by atoms with Crippen LogP contribution < -0.4 is 5.56 Å². The summed E-state index contributed by atoms with van der Waals surface area (Å²) >= 11 is 0. The van der Waals surface area contributed by atoms with Gasteiger partial charge in [-0.1, -0.05) is 27.7 Å². The Hall–Kier alpha value is -1.26. The van der Waals surface area contributed by atoms with Gasteiger partial charge in [0.15, 0.2) is 0 Å². The largest absolute Gasteiger partial charge is 0.417 e. The van der Waals surface area contributed by atoms with Gasteiger partial charge in [-0.05, 0) is 17.9 Å². The Labute approximate surface area is 104 Å². The van der Waals surface area contributed by atoms with Crippen LogP contribution in [0, 0.1) is 0 Å². The molecule has 1 rings (SSSR count). The molecule has 0 atom stereocenters. The van der Waals surface area contributed by atoms with Gasteiger partial charge >= 0.3 is 6.18 Å². The molecule has 0 saturated heterocycles. The Balaban J connectivity index is 3.53. The Morgan fingerprint density at radius 3 is 2.17 bits per heavy atom. The first-order chi connectivity index (χ1) is 8.07. The minimum atomic E-state index is -4.43. The van der Waals surface area contributed by atoms with Crippen molar-refractivity contribution in [3.63, 3.8) is 0 Å². The van der Waals surface area contributed by atoms with E-state index in [-0.39, 0.29) is 11.1 Å². The third kappa shape index (κ3) is 3.15. The van der Waals surface area contributed by atoms with Gasteiger partial charge in [-0.15, -0.1) is 0 Å². The molecule has 1 heterocycles. The van der Waals surface area contributed by atoms with Crippen LogP contribution in [0.3, 0.4) is 0 Å². The second-order valence-corrected chi connectivity index (χ2v) is 5.39. The molecule has 0 radical (unpaired) electrons. The summed E-state index contributed by atoms with van der Waals surface area (Å²) in [6, 6.07) is 0.967. The monoisotopic (exact) mass is 261 g/mol. The fourth-order valence-electron chi connectivity index (χ4n) is 1.74. The molecule has 18 heavy (non-hydrogen) atoms. The zero-order valence-corrected chi connectivity index (χ0v) is 11.1. The molecule has 0 aromatic carbocycles. The first-order valence-corrected chi connectivity index (χ1v) is 5.89. The summed E-state index contributed by atoms with van der Waals surface area (Å²) in [5.74, 6) is 0. The predicted molar refractivity (Wildman–Crippen MR) is 64.7 cm³/mol. The molecule has 0 unspecified atom stereocenters. The van der Waals surface area contributed by atoms with Gasteiger partial charge < -0.3 is 4.57 Å². The third-order valence-electron chi connectivity index (χ3n) is 2.69. The van der Waals surface area contributed by atoms with E-state index in [4.69, 9.17) is 0 Å². The zero-order chi connectivity index (χ0) is 14.1. The molecular weight excluding hydrogens is 243 g/mol. The highest BCUT2D eigenvalue weighted by molar-refractivity contribution is 5.27. The van der Waals surface area contributed by atoms with Crippen LogP contribution in [0.15, 0.2) is 17.1 Å². The third-order valence-corrected chi connectivity index (χ3v) is 2.69. The minimum Gasteiger partial charge on any atom is -0.315 e. The van der Waals surface area contributed by atoms with E-state index in [9.17, 15) is 18.0 Å². The van der Waals surface area contributed by atoms with Crippen LogP contribution in [0.25, 0.3) is 0 Å². The second kappa shape index (κ2) is 4.78. The van der Waals surface area contributed by atoms with E-state index in [1.807, 2.05) is 6.92 Å². The Morgan fingerprint density at radius 1 is 1.22 bits per heavy atom. The summed E-state index contributed by atoms with van der Waals surface area (Å²) in [4.78, 5) is 12.1. The molecule has 0 amide bonds. The molecule has 0 saturated carbocycles. The minimum absolute atomic E-state index is 0.200. The van der Waals surface area contributed by atoms with Gasteiger partial charge in [0.2, 0.25) is 0 Å². The quantitative estimate of drug-likeness (QED) is 0.797. The molecule has 1 aromatic rings. The van der Waals surface area contributed by atoms with Crippen LogP contribution in [-0.4, -0.2) is 4.57 Å². The Kier molecular flexibility index (Phi) is 3.93. The molecule has 2 nitrogen and oxygen atoms in total. The number of rotatable bonds is 2. The number of halogens is 3. The zero-order valence-electron chi connectivity index (χ0n) is 11.1. The molecule has 0 aliphatic carbocycles. The van der Waals surface area contributed by atoms with Gasteiger partial charge in [-0.2, -0.15) is 13.2 Å². The normalized spacial score (nSPS) is 12.8. The van der Waals surface area contributed by atoms with Crippen molar-refractivity contribution in [1.29, 1.82) is 0 Å². The Morgan fingerprint density at radius 2 is 1.78 bits per heavy atom. The maximum absolute atomic E-state index is 12.8. The van der Waals surface area contributed by atoms with Crippen molar-refractivity contribution in [3.8, 4) is 0 Å². The van der Waals surface area contributed by atoms with E-state index in [0.29, 0.717) is 13.0 Å². The summed E-state index contributed by atoms with van der Waals surface area (Å²) in [7, 11) is 0. The van der Waals surface area contributed by atoms with E-state index in [1.54, 1.807) is 20.8 Å². The standard InChI is InChI=1S/C13H18F3NO/c1-5-6-17-8-9(13(14,15)16)7-10(11(17)18)12(2,3)4/h7-8H,5-6H2,1-4H3. The Bertz CT molecular complexity index is 480. The summed E-state index contributed by atoms with van der Waals surface area (Å²) < 4.78 is 39.5. The van der Waals surface area contributed by atoms with Crippen molar-refractivity contribution in [1.82, 2.24) is 4.57 Å². The number of hydrogen-bond acceptors (Lipinski definition) is 1. The van der Waals surface area contributed by atoms with Crippen molar-refractivity contribution in [2.45, 2.75) is 52.3 Å². The second-order valence-electron chi connectivity index (χ2n) is 5.39. The average molecular weight is 261 g/mol. The van der Waals surface area contributed by atoms with E-state index >= 15 is 0 Å². The van der Waals surface area contributed by atoms with Crippen LogP contribution in [0.4, 0.5) is 13.2 Å². The van der Waals surface area contributed by atoms with Gasteiger partial charge in [0.1, 0.15) is 0 Å².